The van der Waals surface area contributed by atoms with Gasteiger partial charge in [-0.3, -0.25) is 4.99 Å². The first-order valence-electron chi connectivity index (χ1n) is 10.1. The molecule has 4 nitrogen and oxygen atoms in total. The van der Waals surface area contributed by atoms with E-state index in [9.17, 15) is 0 Å². The van der Waals surface area contributed by atoms with E-state index in [1.165, 1.54) is 4.70 Å². The van der Waals surface area contributed by atoms with Gasteiger partial charge in [-0.2, -0.15) is 0 Å². The average molecular weight is 394 g/mol. The molecule has 1 aliphatic heterocycles. The van der Waals surface area contributed by atoms with Crippen LogP contribution in [-0.4, -0.2) is 48.4 Å². The van der Waals surface area contributed by atoms with Crippen LogP contribution in [0.15, 0.2) is 53.5 Å². The first-order chi connectivity index (χ1) is 13.7. The van der Waals surface area contributed by atoms with Crippen LogP contribution in [-0.2, 0) is 0 Å². The van der Waals surface area contributed by atoms with Crippen molar-refractivity contribution in [1.82, 2.24) is 9.88 Å². The lowest BCUT2D eigenvalue weighted by molar-refractivity contribution is 0.257. The Kier molecular flexibility index (Phi) is 6.03. The summed E-state index contributed by atoms with van der Waals surface area (Å²) in [5, 5.41) is 0.993. The fourth-order valence-electron chi connectivity index (χ4n) is 3.49. The minimum absolute atomic E-state index is 0.346. The molecule has 0 N–H and O–H groups in total. The number of aliphatic imine (C=N–C) groups is 1. The molecule has 0 atom stereocenters. The van der Waals surface area contributed by atoms with Crippen LogP contribution in [0, 0.1) is 0 Å². The van der Waals surface area contributed by atoms with Gasteiger partial charge in [0, 0.05) is 5.56 Å². The number of ether oxygens (including phenoxy) is 1. The number of likely N-dealkylation sites (tertiary alicyclic amines) is 1. The summed E-state index contributed by atoms with van der Waals surface area (Å²) in [4.78, 5) is 12.5. The molecule has 146 valence electrons. The summed E-state index contributed by atoms with van der Waals surface area (Å²) in [6, 6.07) is 17.0. The maximum absolute atomic E-state index is 5.87. The van der Waals surface area contributed by atoms with Crippen LogP contribution >= 0.6 is 11.3 Å². The maximum Gasteiger partial charge on any atom is 0.143 e. The largest absolute Gasteiger partial charge is 0.494 e. The van der Waals surface area contributed by atoms with Crippen LogP contribution in [0.5, 0.6) is 5.75 Å². The molecule has 0 unspecified atom stereocenters. The predicted octanol–water partition coefficient (Wildman–Crippen LogP) is 5.02. The molecule has 2 heterocycles. The van der Waals surface area contributed by atoms with Crippen molar-refractivity contribution < 1.29 is 4.74 Å². The van der Waals surface area contributed by atoms with Crippen molar-refractivity contribution in [3.8, 4) is 5.75 Å². The predicted molar refractivity (Wildman–Crippen MR) is 118 cm³/mol. The van der Waals surface area contributed by atoms with Gasteiger partial charge in [-0.1, -0.05) is 31.2 Å². The smallest absolute Gasteiger partial charge is 0.143 e. The third-order valence-electron chi connectivity index (χ3n) is 5.08. The van der Waals surface area contributed by atoms with Gasteiger partial charge in [0.1, 0.15) is 16.5 Å². The van der Waals surface area contributed by atoms with Crippen LogP contribution in [0.25, 0.3) is 10.2 Å². The van der Waals surface area contributed by atoms with E-state index in [0.29, 0.717) is 6.04 Å². The van der Waals surface area contributed by atoms with E-state index in [-0.39, 0.29) is 0 Å². The minimum Gasteiger partial charge on any atom is -0.494 e. The molecule has 1 aliphatic rings. The molecule has 3 aromatic rings. The minimum atomic E-state index is 0.346. The molecular weight excluding hydrogens is 366 g/mol. The van der Waals surface area contributed by atoms with Crippen molar-refractivity contribution in [3.63, 3.8) is 0 Å². The van der Waals surface area contributed by atoms with Crippen LogP contribution in [0.1, 0.15) is 36.8 Å². The van der Waals surface area contributed by atoms with Gasteiger partial charge in [-0.05, 0) is 63.7 Å². The van der Waals surface area contributed by atoms with Crippen LogP contribution in [0.4, 0.5) is 0 Å². The van der Waals surface area contributed by atoms with Crippen LogP contribution < -0.4 is 4.74 Å². The zero-order chi connectivity index (χ0) is 19.3. The Morgan fingerprint density at radius 1 is 1.18 bits per heavy atom. The third kappa shape index (κ3) is 4.42. The zero-order valence-corrected chi connectivity index (χ0v) is 17.4. The topological polar surface area (TPSA) is 37.7 Å². The van der Waals surface area contributed by atoms with Crippen molar-refractivity contribution in [3.05, 3.63) is 59.1 Å². The van der Waals surface area contributed by atoms with Gasteiger partial charge in [-0.25, -0.2) is 4.98 Å². The number of benzene rings is 2. The van der Waals surface area contributed by atoms with Gasteiger partial charge in [0.15, 0.2) is 0 Å². The van der Waals surface area contributed by atoms with Gasteiger partial charge in [-0.15, -0.1) is 11.3 Å². The standard InChI is InChI=1S/C23H27N3OS/c1-3-15-27-19-8-6-7-17(16-19)22(24-18-11-13-26(2)14-12-18)23-25-20-9-4-5-10-21(20)28-23/h4-10,16,18H,3,11-15H2,1-2H3/b24-22+. The van der Waals surface area contributed by atoms with Crippen LogP contribution in [0.2, 0.25) is 0 Å². The molecule has 0 aliphatic carbocycles. The normalized spacial score (nSPS) is 16.6. The summed E-state index contributed by atoms with van der Waals surface area (Å²) < 4.78 is 7.07. The molecule has 0 saturated carbocycles. The highest BCUT2D eigenvalue weighted by Gasteiger charge is 2.20. The number of hydrogen-bond donors (Lipinski definition) is 0. The lowest BCUT2D eigenvalue weighted by Crippen LogP contribution is -2.32. The molecule has 0 amide bonds. The highest BCUT2D eigenvalue weighted by Crippen LogP contribution is 2.27. The molecule has 4 rings (SSSR count). The molecule has 2 aromatic carbocycles. The second kappa shape index (κ2) is 8.84. The number of thiazole rings is 1. The maximum atomic E-state index is 5.87. The SMILES string of the molecule is CCCOc1cccc(/C(=N\C2CCN(C)CC2)c2nc3ccccc3s2)c1. The van der Waals surface area contributed by atoms with Gasteiger partial charge in [0.25, 0.3) is 0 Å². The number of nitrogens with zero attached hydrogens (tertiary/aromatic N) is 3. The Labute approximate surface area is 170 Å². The third-order valence-corrected chi connectivity index (χ3v) is 6.12. The first kappa shape index (κ1) is 19.1. The van der Waals surface area contributed by atoms with Crippen molar-refractivity contribution >= 4 is 27.3 Å². The van der Waals surface area contributed by atoms with Crippen molar-refractivity contribution in [2.24, 2.45) is 4.99 Å². The lowest BCUT2D eigenvalue weighted by atomic mass is 10.0. The quantitative estimate of drug-likeness (QED) is 0.552. The Morgan fingerprint density at radius 3 is 2.79 bits per heavy atom. The Bertz CT molecular complexity index is 924. The Balaban J connectivity index is 1.73. The average Bonchev–Trinajstić information content (AvgIpc) is 3.16. The van der Waals surface area contributed by atoms with Crippen molar-refractivity contribution in [2.75, 3.05) is 26.7 Å². The second-order valence-electron chi connectivity index (χ2n) is 7.38. The van der Waals surface area contributed by atoms with E-state index in [0.717, 1.165) is 66.5 Å². The first-order valence-corrected chi connectivity index (χ1v) is 10.9. The highest BCUT2D eigenvalue weighted by molar-refractivity contribution is 7.20. The number of aromatic nitrogens is 1. The fraction of sp³-hybridized carbons (Fsp3) is 0.391. The van der Waals surface area contributed by atoms with Gasteiger partial charge in [0.05, 0.1) is 22.9 Å². The van der Waals surface area contributed by atoms with Crippen molar-refractivity contribution in [1.29, 1.82) is 0 Å². The molecule has 1 fully saturated rings. The van der Waals surface area contributed by atoms with E-state index in [1.54, 1.807) is 11.3 Å². The number of para-hydroxylation sites is 1. The molecule has 0 bridgehead atoms. The summed E-state index contributed by atoms with van der Waals surface area (Å²) in [6.07, 6.45) is 3.19. The highest BCUT2D eigenvalue weighted by atomic mass is 32.1. The summed E-state index contributed by atoms with van der Waals surface area (Å²) in [5.41, 5.74) is 3.13. The monoisotopic (exact) mass is 393 g/mol. The molecule has 5 heteroatoms. The molecule has 28 heavy (non-hydrogen) atoms. The summed E-state index contributed by atoms with van der Waals surface area (Å²) >= 11 is 1.72. The van der Waals surface area contributed by atoms with Gasteiger partial charge >= 0.3 is 0 Å². The summed E-state index contributed by atoms with van der Waals surface area (Å²) in [5.74, 6) is 0.900. The second-order valence-corrected chi connectivity index (χ2v) is 8.41. The van der Waals surface area contributed by atoms with Crippen LogP contribution in [0.3, 0.4) is 0 Å². The molecule has 0 spiro atoms. The number of piperidine rings is 1. The van der Waals surface area contributed by atoms with Gasteiger partial charge < -0.3 is 9.64 Å². The number of fused-ring (bicyclic) bond motifs is 1. The molecule has 1 saturated heterocycles. The molecular formula is C23H27N3OS. The Hall–Kier alpha value is -2.24. The van der Waals surface area contributed by atoms with E-state index < -0.39 is 0 Å². The Morgan fingerprint density at radius 2 is 2.00 bits per heavy atom. The molecule has 0 radical (unpaired) electrons. The van der Waals surface area contributed by atoms with E-state index in [2.05, 4.69) is 55.3 Å². The fourth-order valence-corrected chi connectivity index (χ4v) is 4.47. The van der Waals surface area contributed by atoms with Crippen molar-refractivity contribution in [2.45, 2.75) is 32.2 Å². The summed E-state index contributed by atoms with van der Waals surface area (Å²) in [6.45, 7) is 5.05. The van der Waals surface area contributed by atoms with E-state index in [4.69, 9.17) is 14.7 Å². The number of hydrogen-bond acceptors (Lipinski definition) is 5. The zero-order valence-electron chi connectivity index (χ0n) is 16.6. The lowest BCUT2D eigenvalue weighted by Gasteiger charge is -2.27. The van der Waals surface area contributed by atoms with E-state index in [1.807, 2.05) is 12.1 Å². The van der Waals surface area contributed by atoms with Gasteiger partial charge in [0.2, 0.25) is 0 Å². The van der Waals surface area contributed by atoms with E-state index >= 15 is 0 Å². The summed E-state index contributed by atoms with van der Waals surface area (Å²) in [7, 11) is 2.18. The number of rotatable bonds is 6. The molecule has 1 aromatic heterocycles.